The molecule has 0 aliphatic carbocycles. The Bertz CT molecular complexity index is 499. The molecule has 0 unspecified atom stereocenters. The minimum atomic E-state index is -0.922. The Balaban J connectivity index is 3.76. The fraction of sp³-hybridized carbons (Fsp3) is 0.250. The Morgan fingerprint density at radius 3 is 2.06 bits per heavy atom. The van der Waals surface area contributed by atoms with Gasteiger partial charge in [0.05, 0.1) is 9.85 Å². The van der Waals surface area contributed by atoms with Gasteiger partial charge in [-0.15, -0.1) is 5.23 Å². The summed E-state index contributed by atoms with van der Waals surface area (Å²) in [6.45, 7) is 2.82. The third kappa shape index (κ3) is 2.14. The van der Waals surface area contributed by atoms with Gasteiger partial charge in [-0.2, -0.15) is 0 Å². The van der Waals surface area contributed by atoms with Crippen molar-refractivity contribution in [2.75, 3.05) is 5.23 Å². The number of hydrogen-bond donors (Lipinski definition) is 2. The highest BCUT2D eigenvalue weighted by Gasteiger charge is 2.32. The second-order valence-corrected chi connectivity index (χ2v) is 3.34. The SMILES string of the molecule is Cc1cc([N+](=O)[O-])c(N(O)O)c([N+](=O)[O-])c1C. The summed E-state index contributed by atoms with van der Waals surface area (Å²) in [6.07, 6.45) is 0. The minimum Gasteiger partial charge on any atom is -0.263 e. The second-order valence-electron chi connectivity index (χ2n) is 3.34. The maximum atomic E-state index is 10.8. The van der Waals surface area contributed by atoms with E-state index in [9.17, 15) is 20.2 Å². The van der Waals surface area contributed by atoms with E-state index in [1.807, 2.05) is 0 Å². The van der Waals surface area contributed by atoms with E-state index in [-0.39, 0.29) is 5.56 Å². The van der Waals surface area contributed by atoms with Crippen LogP contribution in [0.4, 0.5) is 17.1 Å². The largest absolute Gasteiger partial charge is 0.307 e. The number of nitrogens with zero attached hydrogens (tertiary/aromatic N) is 3. The van der Waals surface area contributed by atoms with Crippen molar-refractivity contribution in [1.82, 2.24) is 0 Å². The summed E-state index contributed by atoms with van der Waals surface area (Å²) >= 11 is 0. The van der Waals surface area contributed by atoms with Crippen LogP contribution in [0.15, 0.2) is 6.07 Å². The van der Waals surface area contributed by atoms with E-state index in [2.05, 4.69) is 0 Å². The third-order valence-corrected chi connectivity index (χ3v) is 2.35. The monoisotopic (exact) mass is 243 g/mol. The van der Waals surface area contributed by atoms with Crippen LogP contribution in [0.3, 0.4) is 0 Å². The van der Waals surface area contributed by atoms with Crippen molar-refractivity contribution in [3.63, 3.8) is 0 Å². The molecule has 1 rings (SSSR count). The first-order valence-corrected chi connectivity index (χ1v) is 4.38. The van der Waals surface area contributed by atoms with Crippen LogP contribution < -0.4 is 5.23 Å². The van der Waals surface area contributed by atoms with Crippen molar-refractivity contribution in [2.45, 2.75) is 13.8 Å². The molecule has 17 heavy (non-hydrogen) atoms. The van der Waals surface area contributed by atoms with Gasteiger partial charge >= 0.3 is 11.4 Å². The zero-order valence-corrected chi connectivity index (χ0v) is 8.95. The normalized spacial score (nSPS) is 10.1. The number of benzene rings is 1. The summed E-state index contributed by atoms with van der Waals surface area (Å²) in [7, 11) is 0. The molecule has 2 N–H and O–H groups in total. The van der Waals surface area contributed by atoms with Gasteiger partial charge in [0.15, 0.2) is 0 Å². The summed E-state index contributed by atoms with van der Waals surface area (Å²) in [5.74, 6) is 0. The first-order chi connectivity index (χ1) is 7.77. The van der Waals surface area contributed by atoms with Crippen molar-refractivity contribution < 1.29 is 20.3 Å². The van der Waals surface area contributed by atoms with Gasteiger partial charge in [-0.3, -0.25) is 30.6 Å². The van der Waals surface area contributed by atoms with Crippen LogP contribution in [0.5, 0.6) is 0 Å². The molecule has 0 atom stereocenters. The van der Waals surface area contributed by atoms with Gasteiger partial charge in [0.25, 0.3) is 0 Å². The van der Waals surface area contributed by atoms with E-state index < -0.39 is 32.1 Å². The molecular weight excluding hydrogens is 234 g/mol. The molecule has 0 heterocycles. The lowest BCUT2D eigenvalue weighted by atomic mass is 10.1. The summed E-state index contributed by atoms with van der Waals surface area (Å²) in [6, 6.07) is 1.04. The van der Waals surface area contributed by atoms with Gasteiger partial charge in [0.1, 0.15) is 0 Å². The van der Waals surface area contributed by atoms with Crippen LogP contribution in [-0.2, 0) is 0 Å². The molecule has 0 aromatic heterocycles. The second kappa shape index (κ2) is 4.31. The number of nitro benzene ring substituents is 2. The molecular formula is C8H9N3O6. The number of anilines is 1. The molecule has 0 aliphatic rings. The smallest absolute Gasteiger partial charge is 0.263 e. The predicted octanol–water partition coefficient (Wildman–Crippen LogP) is 1.70. The van der Waals surface area contributed by atoms with Crippen LogP contribution in [0.2, 0.25) is 0 Å². The van der Waals surface area contributed by atoms with Gasteiger partial charge in [-0.25, -0.2) is 0 Å². The maximum Gasteiger partial charge on any atom is 0.307 e. The lowest BCUT2D eigenvalue weighted by molar-refractivity contribution is -0.394. The van der Waals surface area contributed by atoms with E-state index in [1.165, 1.54) is 13.8 Å². The molecule has 0 bridgehead atoms. The fourth-order valence-corrected chi connectivity index (χ4v) is 1.43. The summed E-state index contributed by atoms with van der Waals surface area (Å²) in [5.41, 5.74) is -1.87. The topological polar surface area (TPSA) is 130 Å². The van der Waals surface area contributed by atoms with Gasteiger partial charge in [-0.1, -0.05) is 0 Å². The highest BCUT2D eigenvalue weighted by molar-refractivity contribution is 5.76. The molecule has 1 aromatic rings. The van der Waals surface area contributed by atoms with E-state index >= 15 is 0 Å². The lowest BCUT2D eigenvalue weighted by Gasteiger charge is -2.11. The standard InChI is InChI=1S/C8H9N3O6/c1-4-3-6(9(12)13)8(11(16)17)7(5(4)2)10(14)15/h3,16-17H,1-2H3. The average molecular weight is 243 g/mol. The van der Waals surface area contributed by atoms with Crippen LogP contribution in [0.25, 0.3) is 0 Å². The van der Waals surface area contributed by atoms with Gasteiger partial charge in [0.2, 0.25) is 5.69 Å². The van der Waals surface area contributed by atoms with E-state index in [0.29, 0.717) is 5.56 Å². The molecule has 0 aliphatic heterocycles. The molecule has 0 saturated carbocycles. The van der Waals surface area contributed by atoms with Crippen molar-refractivity contribution in [1.29, 1.82) is 0 Å². The Kier molecular flexibility index (Phi) is 3.25. The van der Waals surface area contributed by atoms with Crippen LogP contribution in [0, 0.1) is 34.1 Å². The molecule has 0 amide bonds. The highest BCUT2D eigenvalue weighted by Crippen LogP contribution is 2.40. The number of hydrogen-bond acceptors (Lipinski definition) is 7. The van der Waals surface area contributed by atoms with Crippen molar-refractivity contribution in [3.8, 4) is 0 Å². The van der Waals surface area contributed by atoms with Crippen LogP contribution >= 0.6 is 0 Å². The Hall–Kier alpha value is -2.26. The van der Waals surface area contributed by atoms with Gasteiger partial charge in [0, 0.05) is 11.6 Å². The molecule has 92 valence electrons. The molecule has 9 heteroatoms. The van der Waals surface area contributed by atoms with Crippen LogP contribution in [-0.4, -0.2) is 20.3 Å². The number of rotatable bonds is 3. The highest BCUT2D eigenvalue weighted by atomic mass is 16.8. The Labute approximate surface area is 94.7 Å². The van der Waals surface area contributed by atoms with Crippen LogP contribution in [0.1, 0.15) is 11.1 Å². The average Bonchev–Trinajstić information content (AvgIpc) is 2.19. The van der Waals surface area contributed by atoms with Crippen molar-refractivity contribution in [2.24, 2.45) is 0 Å². The zero-order valence-electron chi connectivity index (χ0n) is 8.95. The number of nitro groups is 2. The quantitative estimate of drug-likeness (QED) is 0.610. The Morgan fingerprint density at radius 1 is 1.18 bits per heavy atom. The van der Waals surface area contributed by atoms with Gasteiger partial charge in [-0.05, 0) is 19.4 Å². The summed E-state index contributed by atoms with van der Waals surface area (Å²) < 4.78 is 0. The predicted molar refractivity (Wildman–Crippen MR) is 55.3 cm³/mol. The molecule has 9 nitrogen and oxygen atoms in total. The van der Waals surface area contributed by atoms with Crippen molar-refractivity contribution in [3.05, 3.63) is 37.4 Å². The fourth-order valence-electron chi connectivity index (χ4n) is 1.43. The van der Waals surface area contributed by atoms with E-state index in [1.54, 1.807) is 0 Å². The van der Waals surface area contributed by atoms with E-state index in [0.717, 1.165) is 6.07 Å². The molecule has 1 aromatic carbocycles. The lowest BCUT2D eigenvalue weighted by Crippen LogP contribution is -2.16. The molecule has 0 radical (unpaired) electrons. The Morgan fingerprint density at radius 2 is 1.71 bits per heavy atom. The summed E-state index contributed by atoms with van der Waals surface area (Å²) in [5, 5.41) is 38.7. The summed E-state index contributed by atoms with van der Waals surface area (Å²) in [4.78, 5) is 19.7. The zero-order chi connectivity index (χ0) is 13.3. The molecule has 0 saturated heterocycles. The minimum absolute atomic E-state index is 0.128. The molecule has 0 fully saturated rings. The van der Waals surface area contributed by atoms with Crippen molar-refractivity contribution >= 4 is 17.1 Å². The first-order valence-electron chi connectivity index (χ1n) is 4.38. The third-order valence-electron chi connectivity index (χ3n) is 2.35. The first kappa shape index (κ1) is 12.8. The van der Waals surface area contributed by atoms with E-state index in [4.69, 9.17) is 10.4 Å². The maximum absolute atomic E-state index is 10.8. The van der Waals surface area contributed by atoms with Gasteiger partial charge < -0.3 is 0 Å². The molecule has 0 spiro atoms. The number of aryl methyl sites for hydroxylation is 1.